The van der Waals surface area contributed by atoms with Crippen LogP contribution in [0.3, 0.4) is 0 Å². The van der Waals surface area contributed by atoms with Crippen LogP contribution in [0.15, 0.2) is 66.7 Å². The molecule has 2 saturated heterocycles. The monoisotopic (exact) mass is 660 g/mol. The highest BCUT2D eigenvalue weighted by molar-refractivity contribution is 5.97. The minimum absolute atomic E-state index is 0.184. The molecule has 2 atom stereocenters. The van der Waals surface area contributed by atoms with Crippen LogP contribution >= 0.6 is 0 Å². The first-order valence-corrected chi connectivity index (χ1v) is 17.3. The van der Waals surface area contributed by atoms with Gasteiger partial charge in [-0.2, -0.15) is 15.2 Å². The zero-order valence-electron chi connectivity index (χ0n) is 28.3. The number of nitrogens with zero attached hydrogens (tertiary/aromatic N) is 7. The van der Waals surface area contributed by atoms with Crippen molar-refractivity contribution in [3.63, 3.8) is 0 Å². The molecule has 11 heteroatoms. The van der Waals surface area contributed by atoms with Crippen molar-refractivity contribution in [2.75, 3.05) is 68.0 Å². The van der Waals surface area contributed by atoms with Crippen LogP contribution in [0.4, 0.5) is 22.0 Å². The molecule has 1 amide bonds. The van der Waals surface area contributed by atoms with Crippen molar-refractivity contribution in [1.82, 2.24) is 19.8 Å². The van der Waals surface area contributed by atoms with Gasteiger partial charge in [-0.1, -0.05) is 60.7 Å². The molecular formula is C38H44N8O3. The topological polar surface area (TPSA) is 110 Å². The predicted octanol–water partition coefficient (Wildman–Crippen LogP) is 5.58. The highest BCUT2D eigenvalue weighted by Crippen LogP contribution is 2.36. The first-order chi connectivity index (χ1) is 24.0. The maximum atomic E-state index is 13.3. The van der Waals surface area contributed by atoms with Gasteiger partial charge in [0.2, 0.25) is 0 Å². The summed E-state index contributed by atoms with van der Waals surface area (Å²) < 4.78 is 12.0. The number of hydrogen-bond acceptors (Lipinski definition) is 10. The van der Waals surface area contributed by atoms with Gasteiger partial charge in [0.1, 0.15) is 18.9 Å². The number of aryl methyl sites for hydroxylation is 1. The van der Waals surface area contributed by atoms with Crippen LogP contribution in [0.25, 0.3) is 10.8 Å². The van der Waals surface area contributed by atoms with Gasteiger partial charge in [-0.05, 0) is 55.9 Å². The number of benzene rings is 3. The zero-order valence-corrected chi connectivity index (χ0v) is 28.3. The number of nitrogens with one attached hydrogen (secondary N) is 1. The standard InChI is InChI=1S/C38H44N8O3/c1-27-9-6-12-29-13-7-15-33(34(27)29)44-20-18-40-35-32(24-44)41-37(48-26-31-14-8-19-43(31)2)42-36(35)45-21-22-46(30(23-45)16-17-39)38(47)49-25-28-10-4-3-5-11-28/h3-7,9-13,15,30-31,40H,8,14,16,18-26H2,1-2H3/t30-,31-/m0/s1. The Bertz CT molecular complexity index is 1820. The summed E-state index contributed by atoms with van der Waals surface area (Å²) in [6.07, 6.45) is 2.02. The first-order valence-electron chi connectivity index (χ1n) is 17.3. The number of anilines is 3. The molecule has 4 heterocycles. The lowest BCUT2D eigenvalue weighted by Gasteiger charge is -2.41. The quantitative estimate of drug-likeness (QED) is 0.257. The molecule has 0 saturated carbocycles. The van der Waals surface area contributed by atoms with E-state index in [-0.39, 0.29) is 19.1 Å². The van der Waals surface area contributed by atoms with Gasteiger partial charge in [0.25, 0.3) is 0 Å². The molecule has 11 nitrogen and oxygen atoms in total. The Labute approximate surface area is 288 Å². The van der Waals surface area contributed by atoms with Crippen molar-refractivity contribution < 1.29 is 14.3 Å². The first kappa shape index (κ1) is 32.5. The maximum Gasteiger partial charge on any atom is 0.410 e. The van der Waals surface area contributed by atoms with E-state index in [0.717, 1.165) is 48.7 Å². The molecule has 3 aromatic carbocycles. The number of nitriles is 1. The summed E-state index contributed by atoms with van der Waals surface area (Å²) in [5, 5.41) is 15.9. The number of hydrogen-bond donors (Lipinski definition) is 1. The van der Waals surface area contributed by atoms with Crippen molar-refractivity contribution in [2.45, 2.75) is 51.4 Å². The number of carbonyl (C=O) groups is 1. The summed E-state index contributed by atoms with van der Waals surface area (Å²) in [7, 11) is 2.14. The SMILES string of the molecule is Cc1cccc2cccc(N3CCNc4c(nc(OC[C@@H]5CCCN5C)nc4N4CCN(C(=O)OCc5ccccc5)[C@@H](CC#N)C4)C3)c12. The van der Waals surface area contributed by atoms with E-state index in [1.807, 2.05) is 30.3 Å². The van der Waals surface area contributed by atoms with Crippen molar-refractivity contribution in [1.29, 1.82) is 5.26 Å². The number of rotatable bonds is 8. The van der Waals surface area contributed by atoms with E-state index < -0.39 is 6.09 Å². The van der Waals surface area contributed by atoms with E-state index in [0.29, 0.717) is 51.4 Å². The second kappa shape index (κ2) is 14.6. The largest absolute Gasteiger partial charge is 0.462 e. The second-order valence-corrected chi connectivity index (χ2v) is 13.2. The molecule has 254 valence electrons. The molecule has 0 unspecified atom stereocenters. The van der Waals surface area contributed by atoms with Crippen LogP contribution in [0.2, 0.25) is 0 Å². The Kier molecular flexibility index (Phi) is 9.66. The Balaban J connectivity index is 1.18. The molecule has 7 rings (SSSR count). The number of likely N-dealkylation sites (N-methyl/N-ethyl adjacent to an activating group) is 1. The third-order valence-corrected chi connectivity index (χ3v) is 10.0. The second-order valence-electron chi connectivity index (χ2n) is 13.2. The molecule has 2 fully saturated rings. The van der Waals surface area contributed by atoms with Gasteiger partial charge < -0.3 is 34.4 Å². The third-order valence-electron chi connectivity index (χ3n) is 10.0. The molecule has 49 heavy (non-hydrogen) atoms. The number of aromatic nitrogens is 2. The number of carbonyl (C=O) groups excluding carboxylic acids is 1. The average Bonchev–Trinajstić information content (AvgIpc) is 3.41. The minimum Gasteiger partial charge on any atom is -0.462 e. The van der Waals surface area contributed by atoms with E-state index >= 15 is 0 Å². The smallest absolute Gasteiger partial charge is 0.410 e. The van der Waals surface area contributed by atoms with Crippen LogP contribution in [-0.4, -0.2) is 90.9 Å². The highest BCUT2D eigenvalue weighted by atomic mass is 16.6. The van der Waals surface area contributed by atoms with Crippen molar-refractivity contribution >= 4 is 34.1 Å². The normalized spacial score (nSPS) is 19.6. The zero-order chi connectivity index (χ0) is 33.7. The van der Waals surface area contributed by atoms with Gasteiger partial charge in [-0.15, -0.1) is 0 Å². The highest BCUT2D eigenvalue weighted by Gasteiger charge is 2.35. The summed E-state index contributed by atoms with van der Waals surface area (Å²) >= 11 is 0. The summed E-state index contributed by atoms with van der Waals surface area (Å²) in [5.74, 6) is 0.746. The lowest BCUT2D eigenvalue weighted by molar-refractivity contribution is 0.0768. The fourth-order valence-electron chi connectivity index (χ4n) is 7.34. The Morgan fingerprint density at radius 2 is 1.82 bits per heavy atom. The van der Waals surface area contributed by atoms with Crippen LogP contribution in [-0.2, 0) is 17.9 Å². The molecule has 0 spiro atoms. The molecular weight excluding hydrogens is 616 g/mol. The lowest BCUT2D eigenvalue weighted by atomic mass is 10.0. The third kappa shape index (κ3) is 7.06. The summed E-state index contributed by atoms with van der Waals surface area (Å²) in [4.78, 5) is 31.9. The van der Waals surface area contributed by atoms with Crippen molar-refractivity contribution in [3.05, 3.63) is 83.6 Å². The van der Waals surface area contributed by atoms with Crippen molar-refractivity contribution in [2.24, 2.45) is 0 Å². The van der Waals surface area contributed by atoms with Crippen molar-refractivity contribution in [3.8, 4) is 12.1 Å². The van der Waals surface area contributed by atoms with E-state index in [1.54, 1.807) is 4.90 Å². The van der Waals surface area contributed by atoms with Gasteiger partial charge >= 0.3 is 12.1 Å². The molecule has 3 aliphatic heterocycles. The molecule has 4 aromatic rings. The fraction of sp³-hybridized carbons (Fsp3) is 0.421. The summed E-state index contributed by atoms with van der Waals surface area (Å²) in [6, 6.07) is 25.2. The number of amides is 1. The predicted molar refractivity (Wildman–Crippen MR) is 191 cm³/mol. The molecule has 0 aliphatic carbocycles. The Morgan fingerprint density at radius 3 is 2.61 bits per heavy atom. The maximum absolute atomic E-state index is 13.3. The van der Waals surface area contributed by atoms with Crippen LogP contribution in [0.1, 0.15) is 36.1 Å². The lowest BCUT2D eigenvalue weighted by Crippen LogP contribution is -2.55. The number of piperazine rings is 1. The van der Waals surface area contributed by atoms with Crippen LogP contribution in [0.5, 0.6) is 6.01 Å². The molecule has 0 bridgehead atoms. The van der Waals surface area contributed by atoms with E-state index in [4.69, 9.17) is 19.4 Å². The van der Waals surface area contributed by atoms with E-state index in [9.17, 15) is 10.1 Å². The minimum atomic E-state index is -0.408. The number of ether oxygens (including phenoxy) is 2. The number of likely N-dealkylation sites (tertiary alicyclic amines) is 1. The van der Waals surface area contributed by atoms with Crippen LogP contribution in [0, 0.1) is 18.3 Å². The van der Waals surface area contributed by atoms with Crippen LogP contribution < -0.4 is 19.9 Å². The number of fused-ring (bicyclic) bond motifs is 2. The Morgan fingerprint density at radius 1 is 0.980 bits per heavy atom. The summed E-state index contributed by atoms with van der Waals surface area (Å²) in [5.41, 5.74) is 5.08. The average molecular weight is 661 g/mol. The van der Waals surface area contributed by atoms with Gasteiger partial charge in [0.15, 0.2) is 5.82 Å². The fourth-order valence-corrected chi connectivity index (χ4v) is 7.34. The van der Waals surface area contributed by atoms with E-state index in [1.165, 1.54) is 22.0 Å². The Hall–Kier alpha value is -5.08. The van der Waals surface area contributed by atoms with Gasteiger partial charge in [0, 0.05) is 49.8 Å². The van der Waals surface area contributed by atoms with Gasteiger partial charge in [-0.25, -0.2) is 4.79 Å². The molecule has 3 aliphatic rings. The molecule has 1 aromatic heterocycles. The van der Waals surface area contributed by atoms with Gasteiger partial charge in [0.05, 0.1) is 30.8 Å². The van der Waals surface area contributed by atoms with Gasteiger partial charge in [-0.3, -0.25) is 0 Å². The van der Waals surface area contributed by atoms with E-state index in [2.05, 4.69) is 76.5 Å². The molecule has 1 N–H and O–H groups in total. The molecule has 0 radical (unpaired) electrons. The summed E-state index contributed by atoms with van der Waals surface area (Å²) in [6.45, 7) is 7.38.